The molecule has 0 saturated heterocycles. The molecule has 0 heterocycles. The Hall–Kier alpha value is -0.580. The van der Waals surface area contributed by atoms with Crippen LogP contribution in [0.25, 0.3) is 0 Å². The average Bonchev–Trinajstić information content (AvgIpc) is 2.53. The van der Waals surface area contributed by atoms with E-state index < -0.39 is 35.9 Å². The lowest BCUT2D eigenvalue weighted by molar-refractivity contribution is -0.142. The van der Waals surface area contributed by atoms with Crippen LogP contribution in [-0.2, 0) is 14.4 Å². The molecule has 0 radical (unpaired) electrons. The molecule has 10 heteroatoms. The molecule has 2 amide bonds. The Kier molecular flexibility index (Phi) is 12.5. The van der Waals surface area contributed by atoms with Crippen molar-refractivity contribution in [3.05, 3.63) is 0 Å². The zero-order valence-electron chi connectivity index (χ0n) is 13.3. The van der Waals surface area contributed by atoms with E-state index in [1.807, 2.05) is 12.5 Å². The van der Waals surface area contributed by atoms with Gasteiger partial charge in [-0.2, -0.15) is 36.2 Å². The number of carbonyl (C=O) groups is 3. The third-order valence-electron chi connectivity index (χ3n) is 3.00. The largest absolute Gasteiger partial charge is 0.480 e. The molecule has 3 unspecified atom stereocenters. The number of carbonyl (C=O) groups excluding carboxylic acids is 2. The van der Waals surface area contributed by atoms with Crippen LogP contribution in [0.3, 0.4) is 0 Å². The van der Waals surface area contributed by atoms with Crippen LogP contribution >= 0.6 is 36.2 Å². The first-order valence-corrected chi connectivity index (χ1v) is 10.5. The molecule has 3 atom stereocenters. The summed E-state index contributed by atoms with van der Waals surface area (Å²) < 4.78 is 0. The summed E-state index contributed by atoms with van der Waals surface area (Å²) in [5.74, 6) is -0.645. The second-order valence-corrected chi connectivity index (χ2v) is 7.15. The van der Waals surface area contributed by atoms with Gasteiger partial charge in [0.15, 0.2) is 0 Å². The van der Waals surface area contributed by atoms with Crippen LogP contribution in [0.15, 0.2) is 0 Å². The minimum absolute atomic E-state index is 0.161. The van der Waals surface area contributed by atoms with Crippen molar-refractivity contribution >= 4 is 53.9 Å². The molecule has 0 aromatic carbocycles. The van der Waals surface area contributed by atoms with Crippen LogP contribution in [0, 0.1) is 0 Å². The van der Waals surface area contributed by atoms with Gasteiger partial charge in [-0.3, -0.25) is 9.59 Å². The number of nitrogens with two attached hydrogens (primary N) is 1. The molecular formula is C13H25N3O4S3. The van der Waals surface area contributed by atoms with Crippen LogP contribution in [0.2, 0.25) is 0 Å². The Morgan fingerprint density at radius 2 is 1.52 bits per heavy atom. The van der Waals surface area contributed by atoms with Gasteiger partial charge in [0.05, 0.1) is 6.04 Å². The molecule has 23 heavy (non-hydrogen) atoms. The molecule has 0 aliphatic rings. The minimum atomic E-state index is -1.09. The van der Waals surface area contributed by atoms with Gasteiger partial charge in [-0.25, -0.2) is 4.79 Å². The third kappa shape index (κ3) is 9.33. The highest BCUT2D eigenvalue weighted by molar-refractivity contribution is 7.98. The van der Waals surface area contributed by atoms with Crippen LogP contribution in [-0.4, -0.2) is 70.8 Å². The lowest BCUT2D eigenvalue weighted by Crippen LogP contribution is -2.55. The Morgan fingerprint density at radius 3 is 1.96 bits per heavy atom. The highest BCUT2D eigenvalue weighted by Crippen LogP contribution is 2.05. The van der Waals surface area contributed by atoms with Crippen LogP contribution in [0.1, 0.15) is 12.8 Å². The second kappa shape index (κ2) is 12.8. The van der Waals surface area contributed by atoms with E-state index in [4.69, 9.17) is 10.8 Å². The predicted octanol–water partition coefficient (Wildman–Crippen LogP) is -0.196. The van der Waals surface area contributed by atoms with Crippen molar-refractivity contribution in [3.8, 4) is 0 Å². The number of thioether (sulfide) groups is 2. The fourth-order valence-corrected chi connectivity index (χ4v) is 2.74. The van der Waals surface area contributed by atoms with Gasteiger partial charge >= 0.3 is 5.97 Å². The molecule has 5 N–H and O–H groups in total. The van der Waals surface area contributed by atoms with Crippen LogP contribution in [0.4, 0.5) is 0 Å². The number of amides is 2. The summed E-state index contributed by atoms with van der Waals surface area (Å²) in [5, 5.41) is 14.2. The van der Waals surface area contributed by atoms with E-state index in [1.165, 1.54) is 23.5 Å². The van der Waals surface area contributed by atoms with Crippen molar-refractivity contribution in [1.82, 2.24) is 10.6 Å². The molecule has 134 valence electrons. The highest BCUT2D eigenvalue weighted by Gasteiger charge is 2.27. The molecule has 0 aliphatic heterocycles. The molecule has 0 spiro atoms. The summed E-state index contributed by atoms with van der Waals surface area (Å²) in [6.07, 6.45) is 4.46. The van der Waals surface area contributed by atoms with E-state index in [1.54, 1.807) is 0 Å². The molecule has 0 aliphatic carbocycles. The Morgan fingerprint density at radius 1 is 1.04 bits per heavy atom. The van der Waals surface area contributed by atoms with Gasteiger partial charge in [0.2, 0.25) is 11.8 Å². The molecule has 0 aromatic heterocycles. The zero-order valence-corrected chi connectivity index (χ0v) is 15.8. The lowest BCUT2D eigenvalue weighted by Gasteiger charge is -2.22. The number of hydrogen-bond donors (Lipinski definition) is 5. The Labute approximate surface area is 150 Å². The maximum atomic E-state index is 12.3. The van der Waals surface area contributed by atoms with E-state index in [0.717, 1.165) is 0 Å². The first kappa shape index (κ1) is 22.4. The van der Waals surface area contributed by atoms with Crippen molar-refractivity contribution < 1.29 is 19.5 Å². The summed E-state index contributed by atoms with van der Waals surface area (Å²) in [4.78, 5) is 35.4. The SMILES string of the molecule is CSCCC(NC(=O)C(CCSC)NC(=O)C(N)CS)C(=O)O. The van der Waals surface area contributed by atoms with Crippen molar-refractivity contribution in [1.29, 1.82) is 0 Å². The summed E-state index contributed by atoms with van der Waals surface area (Å²) in [6, 6.07) is -2.59. The van der Waals surface area contributed by atoms with E-state index in [0.29, 0.717) is 24.3 Å². The molecule has 0 saturated carbocycles. The number of nitrogens with one attached hydrogen (secondary N) is 2. The van der Waals surface area contributed by atoms with E-state index >= 15 is 0 Å². The summed E-state index contributed by atoms with van der Waals surface area (Å²) in [5.41, 5.74) is 5.59. The highest BCUT2D eigenvalue weighted by atomic mass is 32.2. The van der Waals surface area contributed by atoms with Gasteiger partial charge in [0.25, 0.3) is 0 Å². The van der Waals surface area contributed by atoms with Gasteiger partial charge in [-0.05, 0) is 36.9 Å². The maximum absolute atomic E-state index is 12.3. The number of carboxylic acids is 1. The molecular weight excluding hydrogens is 358 g/mol. The third-order valence-corrected chi connectivity index (χ3v) is 4.68. The van der Waals surface area contributed by atoms with E-state index in [-0.39, 0.29) is 5.75 Å². The normalized spacial score (nSPS) is 14.6. The van der Waals surface area contributed by atoms with Crippen molar-refractivity contribution in [2.75, 3.05) is 29.8 Å². The molecule has 0 rings (SSSR count). The zero-order chi connectivity index (χ0) is 17.8. The smallest absolute Gasteiger partial charge is 0.326 e. The Balaban J connectivity index is 4.82. The van der Waals surface area contributed by atoms with E-state index in [2.05, 4.69) is 23.3 Å². The van der Waals surface area contributed by atoms with Crippen molar-refractivity contribution in [2.24, 2.45) is 5.73 Å². The number of rotatable bonds is 12. The number of hydrogen-bond acceptors (Lipinski definition) is 7. The number of aliphatic carboxylic acids is 1. The van der Waals surface area contributed by atoms with E-state index in [9.17, 15) is 14.4 Å². The molecule has 7 nitrogen and oxygen atoms in total. The first-order valence-electron chi connectivity index (χ1n) is 7.05. The van der Waals surface area contributed by atoms with Gasteiger partial charge in [0, 0.05) is 5.75 Å². The van der Waals surface area contributed by atoms with Gasteiger partial charge < -0.3 is 21.5 Å². The standard InChI is InChI=1S/C13H25N3O4S3/c1-22-5-3-9(15-11(17)8(14)7-21)12(18)16-10(13(19)20)4-6-23-2/h8-10,21H,3-7,14H2,1-2H3,(H,15,17)(H,16,18)(H,19,20). The monoisotopic (exact) mass is 383 g/mol. The molecule has 0 aromatic rings. The average molecular weight is 384 g/mol. The van der Waals surface area contributed by atoms with Crippen molar-refractivity contribution in [2.45, 2.75) is 31.0 Å². The summed E-state index contributed by atoms with van der Waals surface area (Å²) in [6.45, 7) is 0. The van der Waals surface area contributed by atoms with Gasteiger partial charge in [-0.1, -0.05) is 0 Å². The molecule has 0 bridgehead atoms. The number of carboxylic acid groups (broad SMARTS) is 1. The maximum Gasteiger partial charge on any atom is 0.326 e. The summed E-state index contributed by atoms with van der Waals surface area (Å²) in [7, 11) is 0. The lowest BCUT2D eigenvalue weighted by atomic mass is 10.1. The topological polar surface area (TPSA) is 122 Å². The van der Waals surface area contributed by atoms with Gasteiger partial charge in [0.1, 0.15) is 12.1 Å². The van der Waals surface area contributed by atoms with Crippen LogP contribution < -0.4 is 16.4 Å². The van der Waals surface area contributed by atoms with Crippen LogP contribution in [0.5, 0.6) is 0 Å². The fraction of sp³-hybridized carbons (Fsp3) is 0.769. The second-order valence-electron chi connectivity index (χ2n) is 4.81. The molecule has 0 fully saturated rings. The number of thiol groups is 1. The quantitative estimate of drug-likeness (QED) is 0.296. The first-order chi connectivity index (χ1) is 10.9. The minimum Gasteiger partial charge on any atom is -0.480 e. The predicted molar refractivity (Wildman–Crippen MR) is 99.3 cm³/mol. The Bertz CT molecular complexity index is 399. The summed E-state index contributed by atoms with van der Waals surface area (Å²) >= 11 is 6.98. The van der Waals surface area contributed by atoms with Gasteiger partial charge in [-0.15, -0.1) is 0 Å². The fourth-order valence-electron chi connectivity index (χ4n) is 1.63. The van der Waals surface area contributed by atoms with Crippen molar-refractivity contribution in [3.63, 3.8) is 0 Å².